The molecule has 1 fully saturated rings. The maximum atomic E-state index is 13.2. The summed E-state index contributed by atoms with van der Waals surface area (Å²) in [7, 11) is 0. The van der Waals surface area contributed by atoms with Crippen LogP contribution in [0.3, 0.4) is 0 Å². The molecule has 1 heterocycles. The van der Waals surface area contributed by atoms with Crippen LogP contribution >= 0.6 is 12.4 Å². The number of carbonyl (C=O) groups is 2. The number of amides is 1. The van der Waals surface area contributed by atoms with E-state index in [1.54, 1.807) is 0 Å². The van der Waals surface area contributed by atoms with Crippen molar-refractivity contribution in [1.29, 1.82) is 0 Å². The lowest BCUT2D eigenvalue weighted by molar-refractivity contribution is -0.141. The summed E-state index contributed by atoms with van der Waals surface area (Å²) in [5.74, 6) is -0.167. The van der Waals surface area contributed by atoms with Crippen molar-refractivity contribution in [2.24, 2.45) is 11.3 Å². The molecule has 1 amide bonds. The van der Waals surface area contributed by atoms with Crippen molar-refractivity contribution in [1.82, 2.24) is 10.2 Å². The monoisotopic (exact) mass is 522 g/mol. The van der Waals surface area contributed by atoms with Crippen LogP contribution in [-0.2, 0) is 9.59 Å². The summed E-state index contributed by atoms with van der Waals surface area (Å²) in [5.41, 5.74) is 2.04. The Morgan fingerprint density at radius 2 is 1.68 bits per heavy atom. The summed E-state index contributed by atoms with van der Waals surface area (Å²) in [6.45, 7) is 8.11. The number of nitrogens with zero attached hydrogens (tertiary/aromatic N) is 1. The summed E-state index contributed by atoms with van der Waals surface area (Å²) in [5, 5.41) is 15.5. The minimum atomic E-state index is -0.861. The smallest absolute Gasteiger partial charge is 0.303 e. The maximum absolute atomic E-state index is 13.2. The second-order valence-electron chi connectivity index (χ2n) is 11.0. The van der Waals surface area contributed by atoms with Gasteiger partial charge in [0.2, 0.25) is 5.91 Å². The highest BCUT2D eigenvalue weighted by Crippen LogP contribution is 2.35. The fourth-order valence-electron chi connectivity index (χ4n) is 5.66. The zero-order valence-electron chi connectivity index (χ0n) is 22.0. The number of halogens is 1. The molecule has 0 radical (unpaired) electrons. The third kappa shape index (κ3) is 7.33. The van der Waals surface area contributed by atoms with Gasteiger partial charge in [-0.25, -0.2) is 0 Å². The Bertz CT molecular complexity index is 1190. The highest BCUT2D eigenvalue weighted by atomic mass is 35.5. The number of hydrogen-bond acceptors (Lipinski definition) is 3. The minimum Gasteiger partial charge on any atom is -0.481 e. The minimum absolute atomic E-state index is 0. The molecule has 37 heavy (non-hydrogen) atoms. The van der Waals surface area contributed by atoms with Gasteiger partial charge in [0.25, 0.3) is 0 Å². The number of fused-ring (bicyclic) bond motifs is 1. The normalized spacial score (nSPS) is 18.7. The Morgan fingerprint density at radius 3 is 2.41 bits per heavy atom. The third-order valence-electron chi connectivity index (χ3n) is 7.55. The van der Waals surface area contributed by atoms with Gasteiger partial charge in [-0.05, 0) is 52.5 Å². The molecule has 0 bridgehead atoms. The standard InChI is InChI=1S/C31H38N2O3.ClH/c1-22(26-15-9-13-24-12-7-8-14-28(24)26)32-20-25-21-33(29(34)18-31(2,3)19-30(35)36)17-16-27(25)23-10-5-4-6-11-23;/h4-15,22,25,27,32H,16-21H2,1-3H3,(H,35,36);1H/t22-,25?,27?;/m1./s1. The molecule has 3 atom stereocenters. The zero-order chi connectivity index (χ0) is 25.7. The molecule has 2 N–H and O–H groups in total. The van der Waals surface area contributed by atoms with Gasteiger partial charge < -0.3 is 15.3 Å². The molecule has 1 saturated heterocycles. The Morgan fingerprint density at radius 1 is 1.00 bits per heavy atom. The van der Waals surface area contributed by atoms with Gasteiger partial charge in [-0.2, -0.15) is 0 Å². The average Bonchev–Trinajstić information content (AvgIpc) is 2.86. The number of likely N-dealkylation sites (tertiary alicyclic amines) is 1. The van der Waals surface area contributed by atoms with E-state index in [9.17, 15) is 14.7 Å². The topological polar surface area (TPSA) is 69.6 Å². The Hall–Kier alpha value is -2.89. The maximum Gasteiger partial charge on any atom is 0.303 e. The molecule has 1 aliphatic heterocycles. The van der Waals surface area contributed by atoms with Crippen molar-refractivity contribution in [3.8, 4) is 0 Å². The number of nitrogens with one attached hydrogen (secondary N) is 1. The molecule has 6 heteroatoms. The molecule has 5 nitrogen and oxygen atoms in total. The van der Waals surface area contributed by atoms with Crippen LogP contribution in [0.5, 0.6) is 0 Å². The highest BCUT2D eigenvalue weighted by molar-refractivity contribution is 5.86. The van der Waals surface area contributed by atoms with Crippen molar-refractivity contribution in [2.75, 3.05) is 19.6 Å². The van der Waals surface area contributed by atoms with Gasteiger partial charge in [0.15, 0.2) is 0 Å². The lowest BCUT2D eigenvalue weighted by Gasteiger charge is -2.40. The van der Waals surface area contributed by atoms with E-state index in [2.05, 4.69) is 79.0 Å². The Labute approximate surface area is 226 Å². The molecule has 0 aliphatic carbocycles. The van der Waals surface area contributed by atoms with Crippen LogP contribution in [0.1, 0.15) is 63.1 Å². The van der Waals surface area contributed by atoms with Gasteiger partial charge in [-0.3, -0.25) is 9.59 Å². The first-order valence-electron chi connectivity index (χ1n) is 13.0. The van der Waals surface area contributed by atoms with Gasteiger partial charge in [0.05, 0.1) is 6.42 Å². The van der Waals surface area contributed by atoms with E-state index in [-0.39, 0.29) is 43.1 Å². The van der Waals surface area contributed by atoms with Crippen molar-refractivity contribution in [3.05, 3.63) is 83.9 Å². The van der Waals surface area contributed by atoms with E-state index in [4.69, 9.17) is 0 Å². The first kappa shape index (κ1) is 28.7. The van der Waals surface area contributed by atoms with E-state index >= 15 is 0 Å². The second-order valence-corrected chi connectivity index (χ2v) is 11.0. The van der Waals surface area contributed by atoms with Crippen molar-refractivity contribution >= 4 is 35.1 Å². The van der Waals surface area contributed by atoms with Crippen LogP contribution in [0, 0.1) is 11.3 Å². The highest BCUT2D eigenvalue weighted by Gasteiger charge is 2.35. The second kappa shape index (κ2) is 12.6. The number of benzene rings is 3. The molecule has 0 saturated carbocycles. The van der Waals surface area contributed by atoms with Gasteiger partial charge in [0.1, 0.15) is 0 Å². The molecule has 198 valence electrons. The number of carboxylic acid groups (broad SMARTS) is 1. The molecule has 3 aromatic rings. The number of aliphatic carboxylic acids is 1. The lowest BCUT2D eigenvalue weighted by atomic mass is 9.79. The summed E-state index contributed by atoms with van der Waals surface area (Å²) in [6.07, 6.45) is 1.15. The molecular weight excluding hydrogens is 484 g/mol. The molecule has 2 unspecified atom stereocenters. The molecule has 3 aromatic carbocycles. The van der Waals surface area contributed by atoms with Crippen molar-refractivity contribution < 1.29 is 14.7 Å². The first-order valence-corrected chi connectivity index (χ1v) is 13.0. The quantitative estimate of drug-likeness (QED) is 0.339. The van der Waals surface area contributed by atoms with Crippen LogP contribution in [0.2, 0.25) is 0 Å². The summed E-state index contributed by atoms with van der Waals surface area (Å²) in [4.78, 5) is 26.4. The SMILES string of the molecule is C[C@@H](NCC1CN(C(=O)CC(C)(C)CC(=O)O)CCC1c1ccccc1)c1cccc2ccccc12.Cl. The zero-order valence-corrected chi connectivity index (χ0v) is 22.8. The van der Waals surface area contributed by atoms with E-state index in [0.29, 0.717) is 19.0 Å². The van der Waals surface area contributed by atoms with Gasteiger partial charge >= 0.3 is 5.97 Å². The summed E-state index contributed by atoms with van der Waals surface area (Å²) in [6, 6.07) is 25.7. The third-order valence-corrected chi connectivity index (χ3v) is 7.55. The predicted octanol–water partition coefficient (Wildman–Crippen LogP) is 6.44. The number of piperidine rings is 1. The van der Waals surface area contributed by atoms with Crippen LogP contribution in [0.15, 0.2) is 72.8 Å². The average molecular weight is 523 g/mol. The number of carbonyl (C=O) groups excluding carboxylic acids is 1. The molecule has 0 aromatic heterocycles. The molecule has 1 aliphatic rings. The van der Waals surface area contributed by atoms with Gasteiger partial charge in [-0.1, -0.05) is 86.6 Å². The summed E-state index contributed by atoms with van der Waals surface area (Å²) < 4.78 is 0. The van der Waals surface area contributed by atoms with Gasteiger partial charge in [0, 0.05) is 32.1 Å². The number of rotatable bonds is 9. The van der Waals surface area contributed by atoms with Crippen LogP contribution < -0.4 is 5.32 Å². The van der Waals surface area contributed by atoms with E-state index in [1.165, 1.54) is 21.9 Å². The lowest BCUT2D eigenvalue weighted by Crippen LogP contribution is -2.47. The van der Waals surface area contributed by atoms with Crippen molar-refractivity contribution in [2.45, 2.75) is 52.0 Å². The fourth-order valence-corrected chi connectivity index (χ4v) is 5.66. The van der Waals surface area contributed by atoms with Gasteiger partial charge in [-0.15, -0.1) is 12.4 Å². The van der Waals surface area contributed by atoms with Crippen LogP contribution in [-0.4, -0.2) is 41.5 Å². The Kier molecular flexibility index (Phi) is 9.74. The van der Waals surface area contributed by atoms with E-state index < -0.39 is 11.4 Å². The van der Waals surface area contributed by atoms with E-state index in [0.717, 1.165) is 13.0 Å². The fraction of sp³-hybridized carbons (Fsp3) is 0.419. The number of carboxylic acids is 1. The van der Waals surface area contributed by atoms with Crippen LogP contribution in [0.4, 0.5) is 0 Å². The van der Waals surface area contributed by atoms with E-state index in [1.807, 2.05) is 24.8 Å². The number of hydrogen-bond donors (Lipinski definition) is 2. The predicted molar refractivity (Wildman–Crippen MR) is 152 cm³/mol. The Balaban J connectivity index is 0.00000380. The van der Waals surface area contributed by atoms with Crippen LogP contribution in [0.25, 0.3) is 10.8 Å². The first-order chi connectivity index (χ1) is 17.2. The molecule has 0 spiro atoms. The van der Waals surface area contributed by atoms with Crippen molar-refractivity contribution in [3.63, 3.8) is 0 Å². The molecule has 4 rings (SSSR count). The molecular formula is C31H39ClN2O3. The summed E-state index contributed by atoms with van der Waals surface area (Å²) >= 11 is 0. The largest absolute Gasteiger partial charge is 0.481 e.